The van der Waals surface area contributed by atoms with Gasteiger partial charge in [0.15, 0.2) is 0 Å². The summed E-state index contributed by atoms with van der Waals surface area (Å²) in [5, 5.41) is 4.13. The van der Waals surface area contributed by atoms with Crippen LogP contribution in [0, 0.1) is 0 Å². The number of allylic oxidation sites excluding steroid dienone is 1. The molecule has 0 aliphatic carbocycles. The molecule has 0 bridgehead atoms. The molecule has 15 heavy (non-hydrogen) atoms. The van der Waals surface area contributed by atoms with Crippen molar-refractivity contribution in [3.05, 3.63) is 22.2 Å². The molecule has 0 saturated heterocycles. The molecule has 1 unspecified atom stereocenters. The quantitative estimate of drug-likeness (QED) is 0.457. The van der Waals surface area contributed by atoms with Crippen LogP contribution in [-0.4, -0.2) is 9.59 Å². The molecule has 3 N–H and O–H groups in total. The first-order valence-corrected chi connectivity index (χ1v) is 5.88. The van der Waals surface area contributed by atoms with E-state index >= 15 is 0 Å². The molecule has 1 rings (SSSR count). The summed E-state index contributed by atoms with van der Waals surface area (Å²) in [6.45, 7) is 6.24. The average molecular weight is 226 g/mol. The molecule has 0 spiro atoms. The van der Waals surface area contributed by atoms with E-state index in [4.69, 9.17) is 5.84 Å². The number of hydrazine groups is 1. The Morgan fingerprint density at radius 3 is 2.87 bits per heavy atom. The Hall–Kier alpha value is -0.780. The van der Waals surface area contributed by atoms with E-state index in [0.717, 1.165) is 23.4 Å². The van der Waals surface area contributed by atoms with E-state index in [-0.39, 0.29) is 6.04 Å². The molecule has 0 aliphatic heterocycles. The highest BCUT2D eigenvalue weighted by Crippen LogP contribution is 2.22. The molecule has 4 nitrogen and oxygen atoms in total. The fraction of sp³-hybridized carbons (Fsp3) is 0.600. The summed E-state index contributed by atoms with van der Waals surface area (Å²) in [7, 11) is 0. The molecule has 0 fully saturated rings. The molecule has 1 aromatic heterocycles. The van der Waals surface area contributed by atoms with Crippen LogP contribution in [0.4, 0.5) is 0 Å². The number of aromatic nitrogens is 2. The van der Waals surface area contributed by atoms with Crippen molar-refractivity contribution in [1.82, 2.24) is 15.0 Å². The van der Waals surface area contributed by atoms with Crippen LogP contribution < -0.4 is 11.3 Å². The standard InChI is InChI=1S/C10H18N4S/c1-4-5-8-10(15-14-13-8)9(12-11)6-7(2)3/h6,9,12H,4-5,11H2,1-3H3. The molecule has 1 atom stereocenters. The number of rotatable bonds is 5. The second kappa shape index (κ2) is 5.95. The van der Waals surface area contributed by atoms with Crippen molar-refractivity contribution >= 4 is 11.5 Å². The Balaban J connectivity index is 2.91. The Kier molecular flexibility index (Phi) is 4.87. The molecule has 84 valence electrons. The zero-order chi connectivity index (χ0) is 11.3. The number of nitrogens with zero attached hydrogens (tertiary/aromatic N) is 2. The minimum absolute atomic E-state index is 0.0385. The van der Waals surface area contributed by atoms with Gasteiger partial charge in [-0.25, -0.2) is 5.43 Å². The SMILES string of the molecule is CCCc1nnsc1C(C=C(C)C)NN. The molecule has 0 aliphatic rings. The number of hydrogen-bond acceptors (Lipinski definition) is 5. The first-order valence-electron chi connectivity index (χ1n) is 5.11. The fourth-order valence-electron chi connectivity index (χ4n) is 1.39. The van der Waals surface area contributed by atoms with E-state index in [9.17, 15) is 0 Å². The number of nitrogens with two attached hydrogens (primary N) is 1. The lowest BCUT2D eigenvalue weighted by Crippen LogP contribution is -2.26. The van der Waals surface area contributed by atoms with Crippen LogP contribution in [0.5, 0.6) is 0 Å². The van der Waals surface area contributed by atoms with Gasteiger partial charge in [-0.05, 0) is 31.8 Å². The van der Waals surface area contributed by atoms with Gasteiger partial charge >= 0.3 is 0 Å². The van der Waals surface area contributed by atoms with Gasteiger partial charge in [0.1, 0.15) is 0 Å². The highest BCUT2D eigenvalue weighted by molar-refractivity contribution is 7.05. The van der Waals surface area contributed by atoms with Crippen molar-refractivity contribution in [2.24, 2.45) is 5.84 Å². The Bertz CT molecular complexity index is 328. The summed E-state index contributed by atoms with van der Waals surface area (Å²) < 4.78 is 3.98. The highest BCUT2D eigenvalue weighted by Gasteiger charge is 2.15. The second-order valence-electron chi connectivity index (χ2n) is 3.72. The number of nitrogens with one attached hydrogen (secondary N) is 1. The maximum Gasteiger partial charge on any atom is 0.0807 e. The molecule has 0 aromatic carbocycles. The summed E-state index contributed by atoms with van der Waals surface area (Å²) in [4.78, 5) is 1.13. The largest absolute Gasteiger partial charge is 0.271 e. The molecular formula is C10H18N4S. The van der Waals surface area contributed by atoms with Crippen molar-refractivity contribution in [2.75, 3.05) is 0 Å². The molecule has 0 amide bonds. The van der Waals surface area contributed by atoms with Gasteiger partial charge in [-0.2, -0.15) is 0 Å². The third-order valence-corrected chi connectivity index (χ3v) is 2.88. The van der Waals surface area contributed by atoms with E-state index in [0.29, 0.717) is 0 Å². The second-order valence-corrected chi connectivity index (χ2v) is 4.51. The van der Waals surface area contributed by atoms with E-state index in [1.165, 1.54) is 17.1 Å². The summed E-state index contributed by atoms with van der Waals surface area (Å²) in [6.07, 6.45) is 4.12. The average Bonchev–Trinajstić information content (AvgIpc) is 2.63. The predicted molar refractivity (Wildman–Crippen MR) is 63.4 cm³/mol. The molecule has 5 heteroatoms. The maximum atomic E-state index is 5.53. The summed E-state index contributed by atoms with van der Waals surface area (Å²) >= 11 is 1.42. The molecular weight excluding hydrogens is 208 g/mol. The first-order chi connectivity index (χ1) is 7.19. The van der Waals surface area contributed by atoms with E-state index < -0.39 is 0 Å². The first kappa shape index (κ1) is 12.3. The lowest BCUT2D eigenvalue weighted by molar-refractivity contribution is 0.651. The third-order valence-electron chi connectivity index (χ3n) is 2.03. The Morgan fingerprint density at radius 2 is 2.33 bits per heavy atom. The van der Waals surface area contributed by atoms with Crippen LogP contribution >= 0.6 is 11.5 Å². The molecule has 0 saturated carbocycles. The van der Waals surface area contributed by atoms with Gasteiger partial charge in [-0.3, -0.25) is 5.84 Å². The van der Waals surface area contributed by atoms with E-state index in [2.05, 4.69) is 41.9 Å². The molecule has 1 heterocycles. The zero-order valence-corrected chi connectivity index (χ0v) is 10.3. The maximum absolute atomic E-state index is 5.53. The Morgan fingerprint density at radius 1 is 1.60 bits per heavy atom. The Labute approximate surface area is 94.7 Å². The number of hydrogen-bond donors (Lipinski definition) is 2. The van der Waals surface area contributed by atoms with Crippen molar-refractivity contribution in [3.8, 4) is 0 Å². The van der Waals surface area contributed by atoms with Crippen molar-refractivity contribution in [3.63, 3.8) is 0 Å². The van der Waals surface area contributed by atoms with Crippen LogP contribution in [0.25, 0.3) is 0 Å². The number of aryl methyl sites for hydroxylation is 1. The van der Waals surface area contributed by atoms with Crippen LogP contribution in [0.2, 0.25) is 0 Å². The van der Waals surface area contributed by atoms with Crippen molar-refractivity contribution < 1.29 is 0 Å². The van der Waals surface area contributed by atoms with E-state index in [1.807, 2.05) is 0 Å². The van der Waals surface area contributed by atoms with Gasteiger partial charge in [-0.15, -0.1) is 5.10 Å². The topological polar surface area (TPSA) is 63.8 Å². The van der Waals surface area contributed by atoms with Crippen LogP contribution in [0.15, 0.2) is 11.6 Å². The van der Waals surface area contributed by atoms with E-state index in [1.54, 1.807) is 0 Å². The zero-order valence-electron chi connectivity index (χ0n) is 9.45. The van der Waals surface area contributed by atoms with Gasteiger partial charge in [0.2, 0.25) is 0 Å². The van der Waals surface area contributed by atoms with Crippen molar-refractivity contribution in [2.45, 2.75) is 39.7 Å². The summed E-state index contributed by atoms with van der Waals surface area (Å²) in [6, 6.07) is 0.0385. The van der Waals surface area contributed by atoms with Gasteiger partial charge in [0, 0.05) is 0 Å². The minimum atomic E-state index is 0.0385. The molecule has 1 aromatic rings. The third kappa shape index (κ3) is 3.37. The monoisotopic (exact) mass is 226 g/mol. The highest BCUT2D eigenvalue weighted by atomic mass is 32.1. The van der Waals surface area contributed by atoms with Crippen molar-refractivity contribution in [1.29, 1.82) is 0 Å². The van der Waals surface area contributed by atoms with Gasteiger partial charge in [0.05, 0.1) is 16.6 Å². The molecule has 0 radical (unpaired) electrons. The fourth-order valence-corrected chi connectivity index (χ4v) is 2.12. The van der Waals surface area contributed by atoms with Gasteiger partial charge in [0.25, 0.3) is 0 Å². The predicted octanol–water partition coefficient (Wildman–Crippen LogP) is 1.96. The smallest absolute Gasteiger partial charge is 0.0807 e. The summed E-state index contributed by atoms with van der Waals surface area (Å²) in [5.74, 6) is 5.53. The minimum Gasteiger partial charge on any atom is -0.271 e. The van der Waals surface area contributed by atoms with Gasteiger partial charge in [-0.1, -0.05) is 29.5 Å². The van der Waals surface area contributed by atoms with Crippen LogP contribution in [-0.2, 0) is 6.42 Å². The van der Waals surface area contributed by atoms with Gasteiger partial charge < -0.3 is 0 Å². The van der Waals surface area contributed by atoms with Crippen LogP contribution in [0.3, 0.4) is 0 Å². The summed E-state index contributed by atoms with van der Waals surface area (Å²) in [5.41, 5.74) is 5.08. The van der Waals surface area contributed by atoms with Crippen LogP contribution in [0.1, 0.15) is 43.8 Å². The lowest BCUT2D eigenvalue weighted by atomic mass is 10.1. The lowest BCUT2D eigenvalue weighted by Gasteiger charge is -2.10. The normalized spacial score (nSPS) is 12.5.